The lowest BCUT2D eigenvalue weighted by Gasteiger charge is -2.00. The first-order chi connectivity index (χ1) is 8.24. The van der Waals surface area contributed by atoms with Gasteiger partial charge in [0.15, 0.2) is 0 Å². The summed E-state index contributed by atoms with van der Waals surface area (Å²) < 4.78 is 0. The Morgan fingerprint density at radius 3 is 2.71 bits per heavy atom. The predicted octanol–water partition coefficient (Wildman–Crippen LogP) is 3.59. The Hall–Kier alpha value is -2.00. The Bertz CT molecular complexity index is 658. The Morgan fingerprint density at radius 1 is 1.12 bits per heavy atom. The zero-order valence-electron chi connectivity index (χ0n) is 8.81. The molecule has 0 atom stereocenters. The first-order valence-electron chi connectivity index (χ1n) is 5.18. The number of halogens is 1. The zero-order chi connectivity index (χ0) is 11.8. The quantitative estimate of drug-likeness (QED) is 0.687. The van der Waals surface area contributed by atoms with E-state index in [2.05, 4.69) is 9.97 Å². The molecule has 0 radical (unpaired) electrons. The molecule has 0 aliphatic heterocycles. The van der Waals surface area contributed by atoms with E-state index < -0.39 is 0 Å². The molecule has 2 aromatic carbocycles. The minimum absolute atomic E-state index is 0.122. The van der Waals surface area contributed by atoms with E-state index in [4.69, 9.17) is 11.6 Å². The van der Waals surface area contributed by atoms with Gasteiger partial charge in [-0.2, -0.15) is 0 Å². The number of hydrogen-bond acceptors (Lipinski definition) is 2. The highest BCUT2D eigenvalue weighted by molar-refractivity contribution is 6.30. The monoisotopic (exact) mass is 244 g/mol. The number of aromatic hydroxyl groups is 1. The van der Waals surface area contributed by atoms with E-state index in [0.29, 0.717) is 16.4 Å². The van der Waals surface area contributed by atoms with Gasteiger partial charge in [-0.05, 0) is 30.3 Å². The van der Waals surface area contributed by atoms with Crippen molar-refractivity contribution in [2.24, 2.45) is 0 Å². The molecule has 0 bridgehead atoms. The Labute approximate surface area is 103 Å². The third-order valence-corrected chi connectivity index (χ3v) is 2.84. The number of benzene rings is 2. The maximum atomic E-state index is 9.83. The van der Waals surface area contributed by atoms with Crippen LogP contribution >= 0.6 is 11.6 Å². The molecule has 0 spiro atoms. The third kappa shape index (κ3) is 1.74. The molecule has 0 saturated heterocycles. The number of fused-ring (bicyclic) bond motifs is 1. The van der Waals surface area contributed by atoms with Gasteiger partial charge in [0.2, 0.25) is 0 Å². The molecule has 4 heteroatoms. The van der Waals surface area contributed by atoms with Crippen molar-refractivity contribution in [3.05, 3.63) is 47.5 Å². The molecular weight excluding hydrogens is 236 g/mol. The number of phenolic OH excluding ortho intramolecular Hbond substituents is 1. The highest BCUT2D eigenvalue weighted by Gasteiger charge is 2.09. The van der Waals surface area contributed by atoms with Gasteiger partial charge in [-0.15, -0.1) is 0 Å². The van der Waals surface area contributed by atoms with E-state index >= 15 is 0 Å². The third-order valence-electron chi connectivity index (χ3n) is 2.60. The summed E-state index contributed by atoms with van der Waals surface area (Å²) in [5, 5.41) is 10.3. The second-order valence-electron chi connectivity index (χ2n) is 3.76. The first kappa shape index (κ1) is 10.2. The molecule has 1 heterocycles. The number of nitrogens with zero attached hydrogens (tertiary/aromatic N) is 1. The molecule has 3 nitrogen and oxygen atoms in total. The van der Waals surface area contributed by atoms with Crippen LogP contribution in [0.15, 0.2) is 42.5 Å². The fraction of sp³-hybridized carbons (Fsp3) is 0. The Balaban J connectivity index is 2.20. The summed E-state index contributed by atoms with van der Waals surface area (Å²) in [4.78, 5) is 7.57. The van der Waals surface area contributed by atoms with Crippen molar-refractivity contribution >= 4 is 22.6 Å². The van der Waals surface area contributed by atoms with Gasteiger partial charge >= 0.3 is 0 Å². The highest BCUT2D eigenvalue weighted by Crippen LogP contribution is 2.30. The minimum atomic E-state index is 0.122. The van der Waals surface area contributed by atoms with Crippen molar-refractivity contribution in [2.75, 3.05) is 0 Å². The molecule has 2 N–H and O–H groups in total. The summed E-state index contributed by atoms with van der Waals surface area (Å²) in [7, 11) is 0. The van der Waals surface area contributed by atoms with Gasteiger partial charge in [-0.25, -0.2) is 4.98 Å². The van der Waals surface area contributed by atoms with Crippen molar-refractivity contribution < 1.29 is 5.11 Å². The van der Waals surface area contributed by atoms with Gasteiger partial charge in [0.05, 0.1) is 16.6 Å². The molecule has 84 valence electrons. The summed E-state index contributed by atoms with van der Waals surface area (Å²) in [5.41, 5.74) is 2.46. The normalized spacial score (nSPS) is 10.9. The van der Waals surface area contributed by atoms with E-state index in [9.17, 15) is 5.11 Å². The molecule has 0 amide bonds. The molecule has 0 aliphatic rings. The maximum absolute atomic E-state index is 9.83. The fourth-order valence-electron chi connectivity index (χ4n) is 1.79. The van der Waals surface area contributed by atoms with Crippen molar-refractivity contribution in [3.63, 3.8) is 0 Å². The minimum Gasteiger partial charge on any atom is -0.507 e. The maximum Gasteiger partial charge on any atom is 0.142 e. The largest absolute Gasteiger partial charge is 0.507 e. The van der Waals surface area contributed by atoms with Crippen LogP contribution in [-0.2, 0) is 0 Å². The zero-order valence-corrected chi connectivity index (χ0v) is 9.57. The van der Waals surface area contributed by atoms with Crippen LogP contribution < -0.4 is 0 Å². The lowest BCUT2D eigenvalue weighted by Crippen LogP contribution is -1.81. The Morgan fingerprint density at radius 2 is 1.94 bits per heavy atom. The van der Waals surface area contributed by atoms with Gasteiger partial charge in [0, 0.05) is 5.02 Å². The van der Waals surface area contributed by atoms with Crippen LogP contribution in [0.4, 0.5) is 0 Å². The van der Waals surface area contributed by atoms with Crippen molar-refractivity contribution in [1.82, 2.24) is 9.97 Å². The standard InChI is InChI=1S/C13H9ClN2O/c14-8-5-6-9(12(17)7-8)13-15-10-3-1-2-4-11(10)16-13/h1-7,17H,(H,15,16). The number of H-pyrrole nitrogens is 1. The molecule has 17 heavy (non-hydrogen) atoms. The van der Waals surface area contributed by atoms with Crippen LogP contribution in [-0.4, -0.2) is 15.1 Å². The summed E-state index contributed by atoms with van der Waals surface area (Å²) in [5.74, 6) is 0.761. The number of phenols is 1. The molecule has 0 unspecified atom stereocenters. The Kier molecular flexibility index (Phi) is 2.27. The average Bonchev–Trinajstić information content (AvgIpc) is 2.72. The van der Waals surface area contributed by atoms with Crippen molar-refractivity contribution in [2.45, 2.75) is 0 Å². The highest BCUT2D eigenvalue weighted by atomic mass is 35.5. The van der Waals surface area contributed by atoms with Crippen LogP contribution in [0.1, 0.15) is 0 Å². The van der Waals surface area contributed by atoms with Crippen LogP contribution in [0.5, 0.6) is 5.75 Å². The van der Waals surface area contributed by atoms with E-state index in [1.165, 1.54) is 6.07 Å². The number of imidazole rings is 1. The van der Waals surface area contributed by atoms with E-state index in [-0.39, 0.29) is 5.75 Å². The number of aromatic amines is 1. The van der Waals surface area contributed by atoms with Gasteiger partial charge in [0.25, 0.3) is 0 Å². The smallest absolute Gasteiger partial charge is 0.142 e. The molecular formula is C13H9ClN2O. The van der Waals surface area contributed by atoms with E-state index in [1.54, 1.807) is 12.1 Å². The van der Waals surface area contributed by atoms with Crippen LogP contribution in [0.3, 0.4) is 0 Å². The second-order valence-corrected chi connectivity index (χ2v) is 4.20. The fourth-order valence-corrected chi connectivity index (χ4v) is 1.95. The molecule has 0 fully saturated rings. The summed E-state index contributed by atoms with van der Waals surface area (Å²) in [6.45, 7) is 0. The van der Waals surface area contributed by atoms with E-state index in [0.717, 1.165) is 11.0 Å². The molecule has 3 aromatic rings. The van der Waals surface area contributed by atoms with Gasteiger partial charge in [0.1, 0.15) is 11.6 Å². The average molecular weight is 245 g/mol. The number of para-hydroxylation sites is 2. The number of hydrogen-bond donors (Lipinski definition) is 2. The van der Waals surface area contributed by atoms with Crippen LogP contribution in [0.2, 0.25) is 5.02 Å². The molecule has 0 aliphatic carbocycles. The SMILES string of the molecule is Oc1cc(Cl)ccc1-c1nc2ccccc2[nH]1. The topological polar surface area (TPSA) is 48.9 Å². The number of rotatable bonds is 1. The summed E-state index contributed by atoms with van der Waals surface area (Å²) >= 11 is 5.79. The van der Waals surface area contributed by atoms with Crippen molar-refractivity contribution in [1.29, 1.82) is 0 Å². The van der Waals surface area contributed by atoms with Gasteiger partial charge < -0.3 is 10.1 Å². The lowest BCUT2D eigenvalue weighted by atomic mass is 10.2. The number of nitrogens with one attached hydrogen (secondary N) is 1. The van der Waals surface area contributed by atoms with Crippen LogP contribution in [0, 0.1) is 0 Å². The first-order valence-corrected chi connectivity index (χ1v) is 5.55. The van der Waals surface area contributed by atoms with Crippen molar-refractivity contribution in [3.8, 4) is 17.1 Å². The predicted molar refractivity (Wildman–Crippen MR) is 68.2 cm³/mol. The second kappa shape index (κ2) is 3.79. The molecule has 1 aromatic heterocycles. The number of aromatic nitrogens is 2. The lowest BCUT2D eigenvalue weighted by molar-refractivity contribution is 0.477. The van der Waals surface area contributed by atoms with Crippen LogP contribution in [0.25, 0.3) is 22.4 Å². The van der Waals surface area contributed by atoms with E-state index in [1.807, 2.05) is 24.3 Å². The molecule has 0 saturated carbocycles. The summed E-state index contributed by atoms with van der Waals surface area (Å²) in [6.07, 6.45) is 0. The molecule has 3 rings (SSSR count). The summed E-state index contributed by atoms with van der Waals surface area (Å²) in [6, 6.07) is 12.7. The van der Waals surface area contributed by atoms with Gasteiger partial charge in [-0.1, -0.05) is 23.7 Å². The van der Waals surface area contributed by atoms with Gasteiger partial charge in [-0.3, -0.25) is 0 Å².